The van der Waals surface area contributed by atoms with E-state index in [0.717, 1.165) is 12.0 Å². The molecule has 66 valence electrons. The molecule has 0 radical (unpaired) electrons. The van der Waals surface area contributed by atoms with Crippen molar-refractivity contribution in [3.05, 3.63) is 18.0 Å². The minimum absolute atomic E-state index is 0.0278. The Morgan fingerprint density at radius 2 is 2.33 bits per heavy atom. The monoisotopic (exact) mass is 166 g/mol. The van der Waals surface area contributed by atoms with Crippen LogP contribution in [0.2, 0.25) is 0 Å². The fourth-order valence-electron chi connectivity index (χ4n) is 2.08. The van der Waals surface area contributed by atoms with Gasteiger partial charge in [0.05, 0.1) is 12.8 Å². The second kappa shape index (κ2) is 2.10. The van der Waals surface area contributed by atoms with Gasteiger partial charge in [0.15, 0.2) is 0 Å². The van der Waals surface area contributed by atoms with Gasteiger partial charge in [-0.2, -0.15) is 5.10 Å². The number of aliphatic hydroxyl groups is 1. The van der Waals surface area contributed by atoms with E-state index in [0.29, 0.717) is 0 Å². The second-order valence-corrected chi connectivity index (χ2v) is 4.29. The molecule has 0 aliphatic heterocycles. The molecule has 1 atom stereocenters. The van der Waals surface area contributed by atoms with Gasteiger partial charge in [-0.25, -0.2) is 0 Å². The van der Waals surface area contributed by atoms with E-state index in [1.807, 2.05) is 12.4 Å². The zero-order chi connectivity index (χ0) is 8.82. The van der Waals surface area contributed by atoms with Crippen molar-refractivity contribution in [2.24, 2.45) is 5.41 Å². The Balaban J connectivity index is 2.34. The Bertz CT molecular complexity index is 279. The van der Waals surface area contributed by atoms with E-state index in [2.05, 4.69) is 24.0 Å². The van der Waals surface area contributed by atoms with E-state index in [1.165, 1.54) is 0 Å². The van der Waals surface area contributed by atoms with Crippen molar-refractivity contribution in [3.63, 3.8) is 0 Å². The van der Waals surface area contributed by atoms with Crippen LogP contribution in [0, 0.1) is 5.41 Å². The summed E-state index contributed by atoms with van der Waals surface area (Å²) in [6.07, 6.45) is 4.74. The first-order chi connectivity index (χ1) is 5.62. The summed E-state index contributed by atoms with van der Waals surface area (Å²) in [7, 11) is 0. The summed E-state index contributed by atoms with van der Waals surface area (Å²) >= 11 is 0. The van der Waals surface area contributed by atoms with Gasteiger partial charge >= 0.3 is 0 Å². The molecule has 0 amide bonds. The quantitative estimate of drug-likeness (QED) is 0.690. The number of H-pyrrole nitrogens is 1. The maximum absolute atomic E-state index is 9.32. The van der Waals surface area contributed by atoms with Crippen LogP contribution in [0.4, 0.5) is 0 Å². The third-order valence-electron chi connectivity index (χ3n) is 3.23. The molecule has 1 unspecified atom stereocenters. The molecule has 1 aromatic heterocycles. The van der Waals surface area contributed by atoms with Crippen LogP contribution >= 0.6 is 0 Å². The van der Waals surface area contributed by atoms with Crippen molar-refractivity contribution >= 4 is 0 Å². The zero-order valence-electron chi connectivity index (χ0n) is 7.46. The van der Waals surface area contributed by atoms with Gasteiger partial charge in [-0.05, 0) is 17.4 Å². The summed E-state index contributed by atoms with van der Waals surface area (Å²) in [4.78, 5) is 0. The molecule has 3 nitrogen and oxygen atoms in total. The normalized spacial score (nSPS) is 31.9. The maximum Gasteiger partial charge on any atom is 0.0534 e. The van der Waals surface area contributed by atoms with Crippen LogP contribution in [-0.2, 0) is 5.41 Å². The fraction of sp³-hybridized carbons (Fsp3) is 0.667. The smallest absolute Gasteiger partial charge is 0.0534 e. The zero-order valence-corrected chi connectivity index (χ0v) is 7.46. The fourth-order valence-corrected chi connectivity index (χ4v) is 2.08. The van der Waals surface area contributed by atoms with Gasteiger partial charge in [-0.15, -0.1) is 0 Å². The number of hydrogen-bond acceptors (Lipinski definition) is 2. The van der Waals surface area contributed by atoms with Gasteiger partial charge in [0.2, 0.25) is 0 Å². The molecule has 12 heavy (non-hydrogen) atoms. The van der Waals surface area contributed by atoms with E-state index in [9.17, 15) is 5.11 Å². The van der Waals surface area contributed by atoms with E-state index in [1.54, 1.807) is 0 Å². The number of nitrogens with zero attached hydrogens (tertiary/aromatic N) is 1. The highest BCUT2D eigenvalue weighted by Crippen LogP contribution is 2.63. The molecule has 2 rings (SSSR count). The first kappa shape index (κ1) is 7.80. The van der Waals surface area contributed by atoms with E-state index < -0.39 is 0 Å². The molecule has 0 aromatic carbocycles. The van der Waals surface area contributed by atoms with Crippen LogP contribution in [0.5, 0.6) is 0 Å². The molecular formula is C9H14N2O. The van der Waals surface area contributed by atoms with Crippen LogP contribution in [0.1, 0.15) is 25.8 Å². The summed E-state index contributed by atoms with van der Waals surface area (Å²) in [6, 6.07) is 0. The lowest BCUT2D eigenvalue weighted by Gasteiger charge is -2.15. The number of nitrogens with one attached hydrogen (secondary N) is 1. The number of aromatic amines is 1. The molecule has 0 saturated heterocycles. The third kappa shape index (κ3) is 0.771. The average Bonchev–Trinajstić information content (AvgIpc) is 2.52. The second-order valence-electron chi connectivity index (χ2n) is 4.29. The lowest BCUT2D eigenvalue weighted by Crippen LogP contribution is -2.18. The molecule has 1 fully saturated rings. The van der Waals surface area contributed by atoms with Crippen LogP contribution in [0.3, 0.4) is 0 Å². The summed E-state index contributed by atoms with van der Waals surface area (Å²) in [6.45, 7) is 4.58. The Labute approximate surface area is 71.8 Å². The van der Waals surface area contributed by atoms with E-state index in [-0.39, 0.29) is 17.4 Å². The number of aliphatic hydroxyl groups excluding tert-OH is 1. The molecule has 1 aliphatic carbocycles. The molecular weight excluding hydrogens is 152 g/mol. The SMILES string of the molecule is CC1(C)CC1(CO)c1cn[nH]c1. The lowest BCUT2D eigenvalue weighted by molar-refractivity contribution is 0.231. The highest BCUT2D eigenvalue weighted by molar-refractivity contribution is 5.33. The van der Waals surface area contributed by atoms with Gasteiger partial charge in [0.1, 0.15) is 0 Å². The number of hydrogen-bond donors (Lipinski definition) is 2. The molecule has 0 spiro atoms. The summed E-state index contributed by atoms with van der Waals surface area (Å²) in [5.41, 5.74) is 1.33. The molecule has 0 bridgehead atoms. The molecule has 3 heteroatoms. The summed E-state index contributed by atoms with van der Waals surface area (Å²) < 4.78 is 0. The van der Waals surface area contributed by atoms with E-state index in [4.69, 9.17) is 0 Å². The topological polar surface area (TPSA) is 48.9 Å². The highest BCUT2D eigenvalue weighted by atomic mass is 16.3. The van der Waals surface area contributed by atoms with Crippen LogP contribution in [0.25, 0.3) is 0 Å². The van der Waals surface area contributed by atoms with Crippen molar-refractivity contribution in [3.8, 4) is 0 Å². The molecule has 1 aliphatic rings. The van der Waals surface area contributed by atoms with Crippen molar-refractivity contribution in [2.45, 2.75) is 25.7 Å². The Morgan fingerprint density at radius 3 is 2.67 bits per heavy atom. The summed E-state index contributed by atoms with van der Waals surface area (Å²) in [5.74, 6) is 0. The molecule has 2 N–H and O–H groups in total. The predicted octanol–water partition coefficient (Wildman–Crippen LogP) is 1.07. The molecule has 1 heterocycles. The van der Waals surface area contributed by atoms with Crippen LogP contribution in [-0.4, -0.2) is 21.9 Å². The first-order valence-electron chi connectivity index (χ1n) is 4.22. The predicted molar refractivity (Wildman–Crippen MR) is 45.7 cm³/mol. The minimum atomic E-state index is -0.0278. The molecule has 1 saturated carbocycles. The van der Waals surface area contributed by atoms with Gasteiger partial charge < -0.3 is 5.11 Å². The van der Waals surface area contributed by atoms with Crippen LogP contribution < -0.4 is 0 Å². The average molecular weight is 166 g/mol. The Hall–Kier alpha value is -0.830. The van der Waals surface area contributed by atoms with E-state index >= 15 is 0 Å². The largest absolute Gasteiger partial charge is 0.395 e. The van der Waals surface area contributed by atoms with Gasteiger partial charge in [0.25, 0.3) is 0 Å². The van der Waals surface area contributed by atoms with Gasteiger partial charge in [-0.1, -0.05) is 13.8 Å². The van der Waals surface area contributed by atoms with Crippen molar-refractivity contribution < 1.29 is 5.11 Å². The highest BCUT2D eigenvalue weighted by Gasteiger charge is 2.62. The van der Waals surface area contributed by atoms with Crippen molar-refractivity contribution in [2.75, 3.05) is 6.61 Å². The van der Waals surface area contributed by atoms with Crippen LogP contribution in [0.15, 0.2) is 12.4 Å². The molecule has 1 aromatic rings. The minimum Gasteiger partial charge on any atom is -0.395 e. The summed E-state index contributed by atoms with van der Waals surface area (Å²) in [5, 5.41) is 16.0. The number of rotatable bonds is 2. The van der Waals surface area contributed by atoms with Gasteiger partial charge in [-0.3, -0.25) is 5.10 Å². The Kier molecular flexibility index (Phi) is 1.37. The van der Waals surface area contributed by atoms with Crippen molar-refractivity contribution in [1.29, 1.82) is 0 Å². The maximum atomic E-state index is 9.32. The van der Waals surface area contributed by atoms with Gasteiger partial charge in [0, 0.05) is 11.6 Å². The first-order valence-corrected chi connectivity index (χ1v) is 4.22. The van der Waals surface area contributed by atoms with Crippen molar-refractivity contribution in [1.82, 2.24) is 10.2 Å². The third-order valence-corrected chi connectivity index (χ3v) is 3.23. The Morgan fingerprint density at radius 1 is 1.67 bits per heavy atom. The number of aromatic nitrogens is 2. The lowest BCUT2D eigenvalue weighted by atomic mass is 9.91. The standard InChI is InChI=1S/C9H14N2O/c1-8(2)5-9(8,6-12)7-3-10-11-4-7/h3-4,12H,5-6H2,1-2H3,(H,10,11).